The highest BCUT2D eigenvalue weighted by Gasteiger charge is 2.46. The molecule has 2 aliphatic carbocycles. The van der Waals surface area contributed by atoms with Crippen LogP contribution in [0.3, 0.4) is 0 Å². The molecule has 0 N–H and O–H groups in total. The lowest BCUT2D eigenvalue weighted by atomic mass is 9.79. The Bertz CT molecular complexity index is 1340. The van der Waals surface area contributed by atoms with Crippen molar-refractivity contribution in [3.8, 4) is 21.1 Å². The molecule has 0 unspecified atom stereocenters. The van der Waals surface area contributed by atoms with Gasteiger partial charge >= 0.3 is 0 Å². The van der Waals surface area contributed by atoms with Crippen LogP contribution in [-0.4, -0.2) is 0 Å². The third-order valence-corrected chi connectivity index (χ3v) is 8.79. The average Bonchev–Trinajstić information content (AvgIpc) is 3.32. The average molecular weight is 409 g/mol. The van der Waals surface area contributed by atoms with Crippen molar-refractivity contribution in [2.24, 2.45) is 0 Å². The topological polar surface area (TPSA) is 13.1 Å². The Morgan fingerprint density at radius 1 is 0.821 bits per heavy atom. The van der Waals surface area contributed by atoms with E-state index >= 15 is 4.39 Å². The lowest BCUT2D eigenvalue weighted by Crippen LogP contribution is -2.16. The summed E-state index contributed by atoms with van der Waals surface area (Å²) in [7, 11) is 0. The second-order valence-corrected chi connectivity index (χ2v) is 11.8. The largest absolute Gasteiger partial charge is 0.455 e. The fraction of sp³-hybridized carbons (Fsp3) is 0.333. The summed E-state index contributed by atoms with van der Waals surface area (Å²) < 4.78 is 22.1. The summed E-state index contributed by atoms with van der Waals surface area (Å²) >= 11 is 3.47. The lowest BCUT2D eigenvalue weighted by Gasteiger charge is -2.22. The van der Waals surface area contributed by atoms with Gasteiger partial charge in [0.05, 0.1) is 4.88 Å². The van der Waals surface area contributed by atoms with Crippen LogP contribution in [0.4, 0.5) is 4.39 Å². The van der Waals surface area contributed by atoms with Crippen LogP contribution in [0.25, 0.3) is 32.0 Å². The van der Waals surface area contributed by atoms with Gasteiger partial charge in [-0.1, -0.05) is 27.7 Å². The van der Waals surface area contributed by atoms with E-state index in [0.29, 0.717) is 0 Å². The van der Waals surface area contributed by atoms with Crippen molar-refractivity contribution in [1.29, 1.82) is 0 Å². The number of hydrogen-bond acceptors (Lipinski definition) is 3. The highest BCUT2D eigenvalue weighted by atomic mass is 32.1. The van der Waals surface area contributed by atoms with E-state index < -0.39 is 0 Å². The highest BCUT2D eigenvalue weighted by Crippen LogP contribution is 2.60. The number of fused-ring (bicyclic) bond motifs is 9. The summed E-state index contributed by atoms with van der Waals surface area (Å²) in [6.07, 6.45) is 0. The maximum Gasteiger partial charge on any atom is 0.149 e. The van der Waals surface area contributed by atoms with E-state index in [1.165, 1.54) is 25.8 Å². The molecule has 1 nitrogen and oxygen atoms in total. The predicted molar refractivity (Wildman–Crippen MR) is 117 cm³/mol. The zero-order valence-electron chi connectivity index (χ0n) is 16.8. The predicted octanol–water partition coefficient (Wildman–Crippen LogP) is 7.92. The summed E-state index contributed by atoms with van der Waals surface area (Å²) in [6.45, 7) is 13.1. The molecule has 0 radical (unpaired) electrons. The van der Waals surface area contributed by atoms with Crippen LogP contribution in [0, 0.1) is 19.7 Å². The molecule has 0 spiro atoms. The van der Waals surface area contributed by atoms with Gasteiger partial charge in [0.2, 0.25) is 0 Å². The quantitative estimate of drug-likeness (QED) is 0.288. The SMILES string of the molecule is Cc1cc2c(s1)-c1oc3c4c(c(F)cc3c1C2(C)C)-c1sc(C)cc1C4(C)C. The van der Waals surface area contributed by atoms with Gasteiger partial charge in [-0.2, -0.15) is 0 Å². The monoisotopic (exact) mass is 408 g/mol. The van der Waals surface area contributed by atoms with Gasteiger partial charge in [0, 0.05) is 47.5 Å². The number of halogens is 1. The van der Waals surface area contributed by atoms with Crippen LogP contribution in [-0.2, 0) is 10.8 Å². The van der Waals surface area contributed by atoms with Crippen molar-refractivity contribution in [2.75, 3.05) is 0 Å². The third kappa shape index (κ3) is 1.73. The first-order valence-corrected chi connectivity index (χ1v) is 11.3. The minimum absolute atomic E-state index is 0.123. The van der Waals surface area contributed by atoms with Crippen LogP contribution in [0.2, 0.25) is 0 Å². The smallest absolute Gasteiger partial charge is 0.149 e. The Balaban J connectivity index is 1.77. The summed E-state index contributed by atoms with van der Waals surface area (Å²) in [5.41, 5.74) is 5.87. The van der Waals surface area contributed by atoms with Crippen molar-refractivity contribution in [3.63, 3.8) is 0 Å². The molecule has 6 rings (SSSR count). The molecule has 3 aromatic heterocycles. The van der Waals surface area contributed by atoms with E-state index in [9.17, 15) is 0 Å². The normalized spacial score (nSPS) is 17.7. The van der Waals surface area contributed by atoms with Crippen LogP contribution in [0.5, 0.6) is 0 Å². The van der Waals surface area contributed by atoms with Crippen LogP contribution < -0.4 is 0 Å². The Kier molecular flexibility index (Phi) is 2.91. The van der Waals surface area contributed by atoms with Gasteiger partial charge in [0.25, 0.3) is 0 Å². The van der Waals surface area contributed by atoms with E-state index in [4.69, 9.17) is 4.42 Å². The Labute approximate surface area is 171 Å². The van der Waals surface area contributed by atoms with E-state index in [0.717, 1.165) is 38.3 Å². The van der Waals surface area contributed by atoms with E-state index in [2.05, 4.69) is 53.7 Å². The second-order valence-electron chi connectivity index (χ2n) is 9.24. The summed E-state index contributed by atoms with van der Waals surface area (Å²) in [4.78, 5) is 4.80. The molecule has 0 amide bonds. The Morgan fingerprint density at radius 2 is 1.39 bits per heavy atom. The lowest BCUT2D eigenvalue weighted by molar-refractivity contribution is 0.590. The molecule has 3 heterocycles. The van der Waals surface area contributed by atoms with E-state index in [-0.39, 0.29) is 16.6 Å². The molecular formula is C24H21FOS2. The number of hydrogen-bond donors (Lipinski definition) is 0. The summed E-state index contributed by atoms with van der Waals surface area (Å²) in [6, 6.07) is 6.20. The standard InChI is InChI=1S/C24H21FOS2/c1-10-7-13-21(27-10)16-15(25)9-12-17-20(26-19(12)18(16)24(13,5)6)22-14(23(17,3)4)8-11(2)28-22/h7-9H,1-6H3. The van der Waals surface area contributed by atoms with Crippen molar-refractivity contribution in [3.05, 3.63) is 56.0 Å². The molecule has 0 saturated carbocycles. The van der Waals surface area contributed by atoms with Gasteiger partial charge in [0.15, 0.2) is 0 Å². The second kappa shape index (κ2) is 4.80. The maximum atomic E-state index is 15.5. The zero-order chi connectivity index (χ0) is 19.7. The Hall–Kier alpha value is -1.91. The molecule has 0 bridgehead atoms. The van der Waals surface area contributed by atoms with Crippen molar-refractivity contribution < 1.29 is 8.81 Å². The molecule has 2 aliphatic rings. The van der Waals surface area contributed by atoms with Gasteiger partial charge in [-0.3, -0.25) is 0 Å². The minimum Gasteiger partial charge on any atom is -0.455 e. The van der Waals surface area contributed by atoms with Crippen LogP contribution in [0.15, 0.2) is 22.6 Å². The third-order valence-electron chi connectivity index (χ3n) is 6.67. The molecule has 0 fully saturated rings. The van der Waals surface area contributed by atoms with Crippen molar-refractivity contribution in [2.45, 2.75) is 52.4 Å². The van der Waals surface area contributed by atoms with Gasteiger partial charge in [0.1, 0.15) is 17.2 Å². The first kappa shape index (κ1) is 17.0. The molecule has 4 heteroatoms. The first-order valence-electron chi connectivity index (χ1n) is 9.65. The van der Waals surface area contributed by atoms with E-state index in [1.807, 2.05) is 0 Å². The van der Waals surface area contributed by atoms with Gasteiger partial charge < -0.3 is 4.42 Å². The molecular weight excluding hydrogens is 387 g/mol. The van der Waals surface area contributed by atoms with Crippen molar-refractivity contribution in [1.82, 2.24) is 0 Å². The molecule has 0 atom stereocenters. The highest BCUT2D eigenvalue weighted by molar-refractivity contribution is 7.16. The number of aryl methyl sites for hydroxylation is 2. The first-order chi connectivity index (χ1) is 13.1. The van der Waals surface area contributed by atoms with Crippen LogP contribution in [0.1, 0.15) is 59.7 Å². The van der Waals surface area contributed by atoms with Gasteiger partial charge in [-0.15, -0.1) is 22.7 Å². The number of benzene rings is 1. The fourth-order valence-corrected chi connectivity index (χ4v) is 7.76. The van der Waals surface area contributed by atoms with E-state index in [1.54, 1.807) is 28.7 Å². The molecule has 0 aliphatic heterocycles. The number of rotatable bonds is 0. The molecule has 28 heavy (non-hydrogen) atoms. The zero-order valence-corrected chi connectivity index (χ0v) is 18.5. The number of furan rings is 1. The van der Waals surface area contributed by atoms with Gasteiger partial charge in [-0.05, 0) is 43.2 Å². The summed E-state index contributed by atoms with van der Waals surface area (Å²) in [5, 5.41) is 0.942. The molecule has 4 aromatic rings. The molecule has 142 valence electrons. The molecule has 1 aromatic carbocycles. The number of thiophene rings is 2. The van der Waals surface area contributed by atoms with Gasteiger partial charge in [-0.25, -0.2) is 4.39 Å². The molecule has 0 saturated heterocycles. The van der Waals surface area contributed by atoms with Crippen LogP contribution >= 0.6 is 22.7 Å². The minimum atomic E-state index is -0.264. The van der Waals surface area contributed by atoms with Crippen molar-refractivity contribution >= 4 is 33.6 Å². The summed E-state index contributed by atoms with van der Waals surface area (Å²) in [5.74, 6) is 0.824. The Morgan fingerprint density at radius 3 is 2.07 bits per heavy atom. The maximum absolute atomic E-state index is 15.5. The fourth-order valence-electron chi connectivity index (χ4n) is 5.38.